The summed E-state index contributed by atoms with van der Waals surface area (Å²) in [6, 6.07) is 15.7. The molecule has 0 fully saturated rings. The zero-order valence-electron chi connectivity index (χ0n) is 18.4. The number of ether oxygens (including phenoxy) is 2. The van der Waals surface area contributed by atoms with Gasteiger partial charge in [-0.15, -0.1) is 0 Å². The first-order valence-electron chi connectivity index (χ1n) is 10.9. The number of rotatable bonds is 1. The third-order valence-electron chi connectivity index (χ3n) is 6.69. The highest BCUT2D eigenvalue weighted by molar-refractivity contribution is 6.08. The number of benzene rings is 2. The molecule has 0 spiro atoms. The number of allylic oxidation sites excluding steroid dienone is 3. The molecule has 6 rings (SSSR count). The number of Topliss-reactive ketones (excluding diaryl/α,β-unsaturated/α-hetero) is 1. The van der Waals surface area contributed by atoms with E-state index in [1.807, 2.05) is 47.4 Å². The van der Waals surface area contributed by atoms with Crippen molar-refractivity contribution >= 4 is 17.3 Å². The van der Waals surface area contributed by atoms with Crippen LogP contribution in [-0.4, -0.2) is 18.4 Å². The molecule has 0 aromatic heterocycles. The van der Waals surface area contributed by atoms with E-state index in [0.29, 0.717) is 47.1 Å². The van der Waals surface area contributed by atoms with Crippen LogP contribution in [0.15, 0.2) is 70.1 Å². The van der Waals surface area contributed by atoms with Crippen LogP contribution in [0.5, 0.6) is 11.5 Å². The van der Waals surface area contributed by atoms with Gasteiger partial charge in [0.15, 0.2) is 23.1 Å². The first-order valence-corrected chi connectivity index (χ1v) is 10.9. The lowest BCUT2D eigenvalue weighted by Gasteiger charge is -2.45. The summed E-state index contributed by atoms with van der Waals surface area (Å²) in [5.41, 5.74) is 10.5. The highest BCUT2D eigenvalue weighted by atomic mass is 16.7. The van der Waals surface area contributed by atoms with Crippen molar-refractivity contribution in [2.24, 2.45) is 16.1 Å². The van der Waals surface area contributed by atoms with E-state index in [9.17, 15) is 10.1 Å². The van der Waals surface area contributed by atoms with Crippen molar-refractivity contribution in [3.63, 3.8) is 0 Å². The Hall–Kier alpha value is -4.05. The second-order valence-electron chi connectivity index (χ2n) is 9.55. The van der Waals surface area contributed by atoms with Crippen molar-refractivity contribution in [1.82, 2.24) is 0 Å². The van der Waals surface area contributed by atoms with Gasteiger partial charge in [-0.2, -0.15) is 5.26 Å². The summed E-state index contributed by atoms with van der Waals surface area (Å²) in [5.74, 6) is 1.62. The Morgan fingerprint density at radius 1 is 1.15 bits per heavy atom. The van der Waals surface area contributed by atoms with Crippen molar-refractivity contribution in [1.29, 1.82) is 5.26 Å². The number of nitrogens with two attached hydrogens (primary N) is 1. The Bertz CT molecular complexity index is 1380. The third kappa shape index (κ3) is 2.80. The Balaban J connectivity index is 1.65. The molecule has 7 nitrogen and oxygen atoms in total. The molecular weight excluding hydrogens is 416 g/mol. The molecule has 3 aliphatic heterocycles. The van der Waals surface area contributed by atoms with Gasteiger partial charge in [0, 0.05) is 23.3 Å². The fraction of sp³-hybridized carbons (Fsp3) is 0.269. The molecule has 1 atom stereocenters. The van der Waals surface area contributed by atoms with Gasteiger partial charge >= 0.3 is 0 Å². The van der Waals surface area contributed by atoms with Crippen molar-refractivity contribution in [2.45, 2.75) is 32.6 Å². The molecule has 4 aliphatic rings. The number of nitrogens with zero attached hydrogens (tertiary/aromatic N) is 3. The van der Waals surface area contributed by atoms with Crippen LogP contribution in [0.1, 0.15) is 43.7 Å². The average Bonchev–Trinajstić information content (AvgIpc) is 3.25. The van der Waals surface area contributed by atoms with Gasteiger partial charge in [0.1, 0.15) is 5.84 Å². The molecule has 1 aliphatic carbocycles. The average molecular weight is 438 g/mol. The number of amidine groups is 1. The monoisotopic (exact) mass is 438 g/mol. The maximum absolute atomic E-state index is 13.6. The number of carbonyl (C=O) groups is 1. The predicted molar refractivity (Wildman–Crippen MR) is 123 cm³/mol. The molecule has 7 heteroatoms. The molecule has 3 heterocycles. The van der Waals surface area contributed by atoms with E-state index in [-0.39, 0.29) is 18.0 Å². The highest BCUT2D eigenvalue weighted by Crippen LogP contribution is 2.53. The van der Waals surface area contributed by atoms with Gasteiger partial charge in [0.2, 0.25) is 6.79 Å². The Kier molecular flexibility index (Phi) is 4.00. The molecule has 0 bridgehead atoms. The fourth-order valence-electron chi connectivity index (χ4n) is 5.32. The minimum atomic E-state index is -0.545. The number of nitriles is 1. The van der Waals surface area contributed by atoms with Crippen LogP contribution in [0.25, 0.3) is 0 Å². The molecular formula is C26H22N4O3. The van der Waals surface area contributed by atoms with Gasteiger partial charge in [-0.25, -0.2) is 4.99 Å². The zero-order valence-corrected chi connectivity index (χ0v) is 18.4. The Labute approximate surface area is 191 Å². The maximum Gasteiger partial charge on any atom is 0.231 e. The van der Waals surface area contributed by atoms with E-state index in [4.69, 9.17) is 15.2 Å². The summed E-state index contributed by atoms with van der Waals surface area (Å²) in [7, 11) is 0. The van der Waals surface area contributed by atoms with Gasteiger partial charge in [-0.3, -0.25) is 9.69 Å². The van der Waals surface area contributed by atoms with E-state index < -0.39 is 5.92 Å². The molecule has 2 N–H and O–H groups in total. The lowest BCUT2D eigenvalue weighted by molar-refractivity contribution is -0.118. The number of ketones is 1. The zero-order chi connectivity index (χ0) is 22.9. The smallest absolute Gasteiger partial charge is 0.231 e. The summed E-state index contributed by atoms with van der Waals surface area (Å²) in [6.45, 7) is 4.35. The number of aliphatic imine (C=N–C) groups is 1. The third-order valence-corrected chi connectivity index (χ3v) is 6.69. The van der Waals surface area contributed by atoms with E-state index >= 15 is 0 Å². The second kappa shape index (κ2) is 6.72. The van der Waals surface area contributed by atoms with E-state index in [0.717, 1.165) is 22.5 Å². The Morgan fingerprint density at radius 2 is 1.94 bits per heavy atom. The van der Waals surface area contributed by atoms with E-state index in [2.05, 4.69) is 24.9 Å². The first kappa shape index (κ1) is 19.6. The minimum Gasteiger partial charge on any atom is -0.454 e. The summed E-state index contributed by atoms with van der Waals surface area (Å²) < 4.78 is 11.0. The minimum absolute atomic E-state index is 0.0516. The van der Waals surface area contributed by atoms with E-state index in [1.54, 1.807) is 0 Å². The SMILES string of the molecule is CC1(C)CC(=O)C2=C(C1)N1C(=C(C#N)[C@@H]2c2ccc3c(c2)OCO3)N=C(N)c2ccccc21. The fourth-order valence-corrected chi connectivity index (χ4v) is 5.32. The van der Waals surface area contributed by atoms with Gasteiger partial charge in [0.25, 0.3) is 0 Å². The van der Waals surface area contributed by atoms with Gasteiger partial charge < -0.3 is 15.2 Å². The molecule has 0 saturated carbocycles. The van der Waals surface area contributed by atoms with Crippen molar-refractivity contribution in [2.75, 3.05) is 11.7 Å². The van der Waals surface area contributed by atoms with Crippen molar-refractivity contribution in [3.8, 4) is 17.6 Å². The number of anilines is 1. The Morgan fingerprint density at radius 3 is 2.76 bits per heavy atom. The van der Waals surface area contributed by atoms with Crippen LogP contribution in [-0.2, 0) is 4.79 Å². The molecule has 2 aromatic carbocycles. The van der Waals surface area contributed by atoms with Crippen LogP contribution in [0.2, 0.25) is 0 Å². The topological polar surface area (TPSA) is 101 Å². The van der Waals surface area contributed by atoms with Crippen molar-refractivity contribution in [3.05, 3.63) is 76.3 Å². The molecule has 0 amide bonds. The standard InChI is InChI=1S/C26H22N4O3/c1-26(2)10-18-23(19(31)11-26)22(14-7-8-20-21(9-14)33-13-32-20)16(12-27)25-29-24(28)15-5-3-4-6-17(15)30(18)25/h3-9,22H,10-11,13H2,1-2H3,(H2,28,29)/t22-/m0/s1. The van der Waals surface area contributed by atoms with Crippen LogP contribution >= 0.6 is 0 Å². The summed E-state index contributed by atoms with van der Waals surface area (Å²) in [5, 5.41) is 10.3. The number of para-hydroxylation sites is 1. The summed E-state index contributed by atoms with van der Waals surface area (Å²) in [6.07, 6.45) is 1.10. The van der Waals surface area contributed by atoms with Gasteiger partial charge in [-0.1, -0.05) is 32.0 Å². The van der Waals surface area contributed by atoms with E-state index in [1.165, 1.54) is 0 Å². The van der Waals surface area contributed by atoms with Crippen LogP contribution in [0.4, 0.5) is 5.69 Å². The lowest BCUT2D eigenvalue weighted by Crippen LogP contribution is -2.42. The molecule has 164 valence electrons. The number of hydrogen-bond donors (Lipinski definition) is 1. The normalized spacial score (nSPS) is 22.3. The van der Waals surface area contributed by atoms with Gasteiger partial charge in [0.05, 0.1) is 23.2 Å². The molecule has 0 saturated heterocycles. The number of carbonyl (C=O) groups excluding carboxylic acids is 1. The van der Waals surface area contributed by atoms with Crippen LogP contribution < -0.4 is 20.1 Å². The predicted octanol–water partition coefficient (Wildman–Crippen LogP) is 4.12. The molecule has 0 unspecified atom stereocenters. The lowest BCUT2D eigenvalue weighted by atomic mass is 9.68. The quantitative estimate of drug-likeness (QED) is 0.719. The highest BCUT2D eigenvalue weighted by Gasteiger charge is 2.46. The largest absolute Gasteiger partial charge is 0.454 e. The van der Waals surface area contributed by atoms with Crippen molar-refractivity contribution < 1.29 is 14.3 Å². The van der Waals surface area contributed by atoms with Crippen LogP contribution in [0, 0.1) is 16.7 Å². The molecule has 33 heavy (non-hydrogen) atoms. The number of fused-ring (bicyclic) bond motifs is 5. The number of hydrogen-bond acceptors (Lipinski definition) is 7. The van der Waals surface area contributed by atoms with Crippen LogP contribution in [0.3, 0.4) is 0 Å². The summed E-state index contributed by atoms with van der Waals surface area (Å²) in [4.78, 5) is 20.3. The molecule has 0 radical (unpaired) electrons. The molecule has 2 aromatic rings. The summed E-state index contributed by atoms with van der Waals surface area (Å²) >= 11 is 0. The second-order valence-corrected chi connectivity index (χ2v) is 9.55. The maximum atomic E-state index is 13.6. The van der Waals surface area contributed by atoms with Gasteiger partial charge in [-0.05, 0) is 41.7 Å². The first-order chi connectivity index (χ1) is 15.9.